The van der Waals surface area contributed by atoms with Crippen LogP contribution < -0.4 is 0 Å². The van der Waals surface area contributed by atoms with Crippen LogP contribution in [0.25, 0.3) is 0 Å². The number of benzene rings is 1. The molecule has 0 radical (unpaired) electrons. The van der Waals surface area contributed by atoms with Crippen LogP contribution in [-0.4, -0.2) is 54.5 Å². The molecule has 2 saturated heterocycles. The average Bonchev–Trinajstić information content (AvgIpc) is 3.20. The van der Waals surface area contributed by atoms with Gasteiger partial charge < -0.3 is 14.5 Å². The zero-order chi connectivity index (χ0) is 15.2. The number of nitrogens with zero attached hydrogens (tertiary/aromatic N) is 2. The van der Waals surface area contributed by atoms with E-state index in [1.807, 2.05) is 35.2 Å². The highest BCUT2D eigenvalue weighted by Crippen LogP contribution is 2.20. The number of amides is 1. The first-order valence-corrected chi connectivity index (χ1v) is 8.46. The van der Waals surface area contributed by atoms with Crippen molar-refractivity contribution in [3.8, 4) is 0 Å². The van der Waals surface area contributed by atoms with Crippen molar-refractivity contribution in [1.82, 2.24) is 9.80 Å². The summed E-state index contributed by atoms with van der Waals surface area (Å²) in [5.41, 5.74) is 1.12. The minimum absolute atomic E-state index is 0.151. The minimum Gasteiger partial charge on any atom is -0.367 e. The number of ether oxygens (including phenoxy) is 1. The molecule has 0 aromatic heterocycles. The Labute approximate surface area is 133 Å². The topological polar surface area (TPSA) is 32.8 Å². The number of rotatable bonds is 6. The Kier molecular flexibility index (Phi) is 5.46. The lowest BCUT2D eigenvalue weighted by Gasteiger charge is -2.28. The van der Waals surface area contributed by atoms with Crippen molar-refractivity contribution in [3.63, 3.8) is 0 Å². The van der Waals surface area contributed by atoms with Crippen LogP contribution in [0, 0.1) is 0 Å². The summed E-state index contributed by atoms with van der Waals surface area (Å²) < 4.78 is 5.61. The molecule has 1 atom stereocenters. The molecular weight excluding hydrogens is 276 g/mol. The molecule has 4 nitrogen and oxygen atoms in total. The van der Waals surface area contributed by atoms with Crippen molar-refractivity contribution in [2.24, 2.45) is 0 Å². The van der Waals surface area contributed by atoms with Gasteiger partial charge in [-0.25, -0.2) is 0 Å². The van der Waals surface area contributed by atoms with Crippen LogP contribution in [0.15, 0.2) is 30.3 Å². The molecule has 1 amide bonds. The van der Waals surface area contributed by atoms with Crippen LogP contribution in [0.2, 0.25) is 0 Å². The lowest BCUT2D eigenvalue weighted by atomic mass is 10.2. The average molecular weight is 302 g/mol. The Morgan fingerprint density at radius 3 is 2.64 bits per heavy atom. The molecule has 2 aliphatic rings. The molecule has 120 valence electrons. The normalized spacial score (nSPS) is 22.4. The summed E-state index contributed by atoms with van der Waals surface area (Å²) >= 11 is 0. The van der Waals surface area contributed by atoms with Crippen molar-refractivity contribution in [1.29, 1.82) is 0 Å². The Balaban J connectivity index is 1.44. The largest absolute Gasteiger partial charge is 0.367 e. The van der Waals surface area contributed by atoms with Crippen molar-refractivity contribution < 1.29 is 9.53 Å². The van der Waals surface area contributed by atoms with Crippen molar-refractivity contribution >= 4 is 5.91 Å². The van der Waals surface area contributed by atoms with E-state index < -0.39 is 0 Å². The first kappa shape index (κ1) is 15.5. The van der Waals surface area contributed by atoms with E-state index in [0.29, 0.717) is 12.6 Å². The Hall–Kier alpha value is -1.39. The summed E-state index contributed by atoms with van der Waals surface area (Å²) in [6.07, 6.45) is 4.88. The summed E-state index contributed by atoms with van der Waals surface area (Å²) in [7, 11) is 0. The van der Waals surface area contributed by atoms with Gasteiger partial charge in [-0.3, -0.25) is 4.79 Å². The number of hydrogen-bond acceptors (Lipinski definition) is 3. The monoisotopic (exact) mass is 302 g/mol. The quantitative estimate of drug-likeness (QED) is 0.808. The van der Waals surface area contributed by atoms with Crippen molar-refractivity contribution in [2.75, 3.05) is 32.8 Å². The molecule has 0 saturated carbocycles. The fraction of sp³-hybridized carbons (Fsp3) is 0.611. The number of hydrogen-bond donors (Lipinski definition) is 0. The van der Waals surface area contributed by atoms with Crippen LogP contribution in [0.3, 0.4) is 0 Å². The summed E-state index contributed by atoms with van der Waals surface area (Å²) in [5, 5.41) is 0. The van der Waals surface area contributed by atoms with Gasteiger partial charge >= 0.3 is 0 Å². The maximum atomic E-state index is 12.4. The molecule has 2 heterocycles. The van der Waals surface area contributed by atoms with Gasteiger partial charge in [-0.15, -0.1) is 0 Å². The molecule has 22 heavy (non-hydrogen) atoms. The van der Waals surface area contributed by atoms with E-state index in [-0.39, 0.29) is 12.5 Å². The molecule has 3 rings (SSSR count). The molecule has 0 bridgehead atoms. The van der Waals surface area contributed by atoms with Gasteiger partial charge in [0.05, 0.1) is 6.61 Å². The van der Waals surface area contributed by atoms with Crippen LogP contribution in [0.5, 0.6) is 0 Å². The SMILES string of the molecule is O=C(COCc1ccccc1)N1CCC[C@@H]1CN1CCCC1. The smallest absolute Gasteiger partial charge is 0.248 e. The van der Waals surface area contributed by atoms with Gasteiger partial charge in [0.15, 0.2) is 0 Å². The maximum absolute atomic E-state index is 12.4. The van der Waals surface area contributed by atoms with Crippen LogP contribution in [0.1, 0.15) is 31.2 Å². The van der Waals surface area contributed by atoms with E-state index in [4.69, 9.17) is 4.74 Å². The van der Waals surface area contributed by atoms with E-state index >= 15 is 0 Å². The zero-order valence-corrected chi connectivity index (χ0v) is 13.2. The van der Waals surface area contributed by atoms with Gasteiger partial charge in [0.2, 0.25) is 5.91 Å². The summed E-state index contributed by atoms with van der Waals surface area (Å²) in [5.74, 6) is 0.151. The molecule has 4 heteroatoms. The van der Waals surface area contributed by atoms with E-state index in [2.05, 4.69) is 4.90 Å². The zero-order valence-electron chi connectivity index (χ0n) is 13.2. The fourth-order valence-corrected chi connectivity index (χ4v) is 3.53. The molecule has 2 aliphatic heterocycles. The highest BCUT2D eigenvalue weighted by Gasteiger charge is 2.30. The van der Waals surface area contributed by atoms with Crippen LogP contribution in [-0.2, 0) is 16.1 Å². The summed E-state index contributed by atoms with van der Waals surface area (Å²) in [6.45, 7) is 5.05. The van der Waals surface area contributed by atoms with Crippen molar-refractivity contribution in [3.05, 3.63) is 35.9 Å². The second-order valence-electron chi connectivity index (χ2n) is 6.37. The highest BCUT2D eigenvalue weighted by molar-refractivity contribution is 5.78. The molecule has 0 N–H and O–H groups in total. The predicted molar refractivity (Wildman–Crippen MR) is 86.5 cm³/mol. The molecule has 0 unspecified atom stereocenters. The lowest BCUT2D eigenvalue weighted by Crippen LogP contribution is -2.43. The van der Waals surface area contributed by atoms with Gasteiger partial charge in [-0.1, -0.05) is 30.3 Å². The predicted octanol–water partition coefficient (Wildman–Crippen LogP) is 2.29. The fourth-order valence-electron chi connectivity index (χ4n) is 3.53. The molecule has 0 aliphatic carbocycles. The van der Waals surface area contributed by atoms with Gasteiger partial charge in [-0.2, -0.15) is 0 Å². The van der Waals surface area contributed by atoms with Gasteiger partial charge in [0, 0.05) is 19.1 Å². The molecule has 1 aromatic carbocycles. The maximum Gasteiger partial charge on any atom is 0.248 e. The Morgan fingerprint density at radius 2 is 1.86 bits per heavy atom. The van der Waals surface area contributed by atoms with Crippen molar-refractivity contribution in [2.45, 2.75) is 38.3 Å². The number of carbonyl (C=O) groups is 1. The van der Waals surface area contributed by atoms with Crippen LogP contribution in [0.4, 0.5) is 0 Å². The molecular formula is C18H26N2O2. The van der Waals surface area contributed by atoms with Crippen LogP contribution >= 0.6 is 0 Å². The van der Waals surface area contributed by atoms with E-state index in [0.717, 1.165) is 31.5 Å². The molecule has 1 aromatic rings. The summed E-state index contributed by atoms with van der Waals surface area (Å²) in [6, 6.07) is 10.4. The Bertz CT molecular complexity index is 471. The second-order valence-corrected chi connectivity index (χ2v) is 6.37. The molecule has 2 fully saturated rings. The van der Waals surface area contributed by atoms with Gasteiger partial charge in [0.25, 0.3) is 0 Å². The first-order chi connectivity index (χ1) is 10.8. The van der Waals surface area contributed by atoms with E-state index in [9.17, 15) is 4.79 Å². The van der Waals surface area contributed by atoms with E-state index in [1.165, 1.54) is 25.9 Å². The summed E-state index contributed by atoms with van der Waals surface area (Å²) in [4.78, 5) is 16.9. The van der Waals surface area contributed by atoms with Gasteiger partial charge in [-0.05, 0) is 44.3 Å². The first-order valence-electron chi connectivity index (χ1n) is 8.46. The Morgan fingerprint density at radius 1 is 1.09 bits per heavy atom. The molecule has 0 spiro atoms. The number of likely N-dealkylation sites (tertiary alicyclic amines) is 2. The standard InChI is InChI=1S/C18H26N2O2/c21-18(15-22-14-16-7-2-1-3-8-16)20-12-6-9-17(20)13-19-10-4-5-11-19/h1-3,7-8,17H,4-6,9-15H2/t17-/m1/s1. The lowest BCUT2D eigenvalue weighted by molar-refractivity contribution is -0.137. The highest BCUT2D eigenvalue weighted by atomic mass is 16.5. The number of carbonyl (C=O) groups excluding carboxylic acids is 1. The second kappa shape index (κ2) is 7.75. The third kappa shape index (κ3) is 4.08. The third-order valence-electron chi connectivity index (χ3n) is 4.70. The minimum atomic E-state index is 0.151. The van der Waals surface area contributed by atoms with E-state index in [1.54, 1.807) is 0 Å². The third-order valence-corrected chi connectivity index (χ3v) is 4.70. The van der Waals surface area contributed by atoms with Gasteiger partial charge in [0.1, 0.15) is 6.61 Å².